The number of carbonyl (C=O) groups is 2. The third-order valence-corrected chi connectivity index (χ3v) is 4.97. The number of nitrogens with one attached hydrogen (secondary N) is 1. The minimum Gasteiger partial charge on any atom is -0.475 e. The van der Waals surface area contributed by atoms with E-state index in [4.69, 9.17) is 24.6 Å². The quantitative estimate of drug-likeness (QED) is 0.676. The molecule has 1 saturated heterocycles. The highest BCUT2D eigenvalue weighted by molar-refractivity contribution is 5.74. The summed E-state index contributed by atoms with van der Waals surface area (Å²) >= 11 is 0. The molecular weight excluding hydrogens is 445 g/mol. The van der Waals surface area contributed by atoms with Gasteiger partial charge in [0.05, 0.1) is 18.9 Å². The number of aliphatic carboxylic acids is 1. The molecule has 13 heteroatoms. The third-order valence-electron chi connectivity index (χ3n) is 4.97. The van der Waals surface area contributed by atoms with E-state index in [9.17, 15) is 18.0 Å². The molecule has 2 aliphatic heterocycles. The van der Waals surface area contributed by atoms with Crippen LogP contribution in [-0.2, 0) is 22.4 Å². The van der Waals surface area contributed by atoms with Gasteiger partial charge in [0.1, 0.15) is 5.82 Å². The monoisotopic (exact) mass is 476 g/mol. The van der Waals surface area contributed by atoms with Crippen molar-refractivity contribution in [3.05, 3.63) is 11.3 Å². The van der Waals surface area contributed by atoms with Gasteiger partial charge in [0.25, 0.3) is 0 Å². The summed E-state index contributed by atoms with van der Waals surface area (Å²) in [6.07, 6.45) is -3.56. The van der Waals surface area contributed by atoms with Gasteiger partial charge in [0.2, 0.25) is 5.95 Å². The Bertz CT molecular complexity index is 829. The van der Waals surface area contributed by atoms with Crippen LogP contribution in [-0.4, -0.2) is 97.7 Å². The summed E-state index contributed by atoms with van der Waals surface area (Å²) in [6, 6.07) is 0.138. The second kappa shape index (κ2) is 11.3. The molecule has 0 radical (unpaired) electrons. The first-order valence-electron chi connectivity index (χ1n) is 10.7. The number of rotatable bonds is 3. The van der Waals surface area contributed by atoms with Gasteiger partial charge in [0.15, 0.2) is 0 Å². The number of nitrogens with zero attached hydrogens (tertiary/aromatic N) is 5. The Balaban J connectivity index is 0.000000479. The topological polar surface area (TPSA) is 111 Å². The molecule has 3 rings (SSSR count). The number of ether oxygens (including phenoxy) is 1. The number of fused-ring (bicyclic) bond motifs is 1. The SMILES string of the molecule is CC(C)NC(=O)N1CCc2nc(N3CCOCC3)nc(N(C)C)c2CC1.O=C(O)C(F)(F)F. The summed E-state index contributed by atoms with van der Waals surface area (Å²) < 4.78 is 37.2. The standard InChI is InChI=1S/C18H30N6O2.C2HF3O2/c1-13(2)19-18(25)24-7-5-14-15(6-8-24)20-17(21-16(14)22(3)4)23-9-11-26-12-10-23;3-2(4,5)1(6)7/h13H,5-12H2,1-4H3,(H,19,25);(H,6,7). The van der Waals surface area contributed by atoms with Crippen molar-refractivity contribution in [3.8, 4) is 0 Å². The molecule has 0 unspecified atom stereocenters. The molecule has 0 aliphatic carbocycles. The molecule has 1 fully saturated rings. The molecule has 0 saturated carbocycles. The Kier molecular flexibility index (Phi) is 9.08. The van der Waals surface area contributed by atoms with Gasteiger partial charge >= 0.3 is 18.2 Å². The molecule has 1 aromatic rings. The highest BCUT2D eigenvalue weighted by Gasteiger charge is 2.38. The predicted octanol–water partition coefficient (Wildman–Crippen LogP) is 1.53. The van der Waals surface area contributed by atoms with Crippen LogP contribution in [0.15, 0.2) is 0 Å². The number of hydrogen-bond acceptors (Lipinski definition) is 7. The molecule has 3 heterocycles. The van der Waals surface area contributed by atoms with Crippen LogP contribution >= 0.6 is 0 Å². The Morgan fingerprint density at radius 1 is 1.09 bits per heavy atom. The van der Waals surface area contributed by atoms with Crippen molar-refractivity contribution in [2.45, 2.75) is 38.9 Å². The fourth-order valence-electron chi connectivity index (χ4n) is 3.38. The number of halogens is 3. The molecule has 0 bridgehead atoms. The van der Waals surface area contributed by atoms with Crippen molar-refractivity contribution in [3.63, 3.8) is 0 Å². The lowest BCUT2D eigenvalue weighted by molar-refractivity contribution is -0.192. The van der Waals surface area contributed by atoms with Crippen LogP contribution in [0.25, 0.3) is 0 Å². The molecule has 2 aliphatic rings. The van der Waals surface area contributed by atoms with E-state index in [2.05, 4.69) is 10.2 Å². The lowest BCUT2D eigenvalue weighted by Gasteiger charge is -2.28. The summed E-state index contributed by atoms with van der Waals surface area (Å²) in [6.45, 7) is 8.37. The smallest absolute Gasteiger partial charge is 0.475 e. The predicted molar refractivity (Wildman–Crippen MR) is 116 cm³/mol. The van der Waals surface area contributed by atoms with E-state index < -0.39 is 12.1 Å². The van der Waals surface area contributed by atoms with Gasteiger partial charge in [-0.05, 0) is 20.3 Å². The Labute approximate surface area is 190 Å². The molecule has 186 valence electrons. The average molecular weight is 477 g/mol. The van der Waals surface area contributed by atoms with Gasteiger partial charge in [-0.25, -0.2) is 14.6 Å². The Hall–Kier alpha value is -2.83. The van der Waals surface area contributed by atoms with Crippen LogP contribution in [0.2, 0.25) is 0 Å². The normalized spacial score (nSPS) is 16.4. The summed E-state index contributed by atoms with van der Waals surface area (Å²) in [7, 11) is 4.03. The minimum atomic E-state index is -5.08. The van der Waals surface area contributed by atoms with E-state index in [1.807, 2.05) is 37.7 Å². The first-order chi connectivity index (χ1) is 15.4. The number of urea groups is 1. The van der Waals surface area contributed by atoms with Crippen molar-refractivity contribution in [2.75, 3.05) is 63.3 Å². The fraction of sp³-hybridized carbons (Fsp3) is 0.700. The van der Waals surface area contributed by atoms with Gasteiger partial charge in [-0.1, -0.05) is 0 Å². The maximum atomic E-state index is 12.4. The first-order valence-corrected chi connectivity index (χ1v) is 10.7. The van der Waals surface area contributed by atoms with E-state index >= 15 is 0 Å². The van der Waals surface area contributed by atoms with Gasteiger partial charge in [-0.2, -0.15) is 18.2 Å². The number of carboxylic acids is 1. The molecule has 1 aromatic heterocycles. The number of anilines is 2. The van der Waals surface area contributed by atoms with Crippen molar-refractivity contribution in [1.82, 2.24) is 20.2 Å². The van der Waals surface area contributed by atoms with Crippen LogP contribution < -0.4 is 15.1 Å². The fourth-order valence-corrected chi connectivity index (χ4v) is 3.38. The zero-order valence-electron chi connectivity index (χ0n) is 19.3. The van der Waals surface area contributed by atoms with E-state index in [-0.39, 0.29) is 12.1 Å². The molecule has 0 aromatic carbocycles. The number of morpholine rings is 1. The molecule has 2 amide bonds. The first kappa shape index (κ1) is 26.4. The molecular formula is C20H31F3N6O4. The summed E-state index contributed by atoms with van der Waals surface area (Å²) in [5.74, 6) is -1.02. The third kappa shape index (κ3) is 7.62. The summed E-state index contributed by atoms with van der Waals surface area (Å²) in [4.78, 5) is 37.1. The number of amides is 2. The zero-order chi connectivity index (χ0) is 24.8. The second-order valence-corrected chi connectivity index (χ2v) is 8.16. The van der Waals surface area contributed by atoms with Crippen LogP contribution in [0.3, 0.4) is 0 Å². The lowest BCUT2D eigenvalue weighted by atomic mass is 10.1. The van der Waals surface area contributed by atoms with E-state index in [1.54, 1.807) is 0 Å². The second-order valence-electron chi connectivity index (χ2n) is 8.16. The van der Waals surface area contributed by atoms with E-state index in [0.29, 0.717) is 26.3 Å². The number of hydrogen-bond donors (Lipinski definition) is 2. The Morgan fingerprint density at radius 2 is 1.67 bits per heavy atom. The number of carbonyl (C=O) groups excluding carboxylic acids is 1. The number of aromatic nitrogens is 2. The van der Waals surface area contributed by atoms with Crippen LogP contribution in [0.4, 0.5) is 29.7 Å². The average Bonchev–Trinajstić information content (AvgIpc) is 2.95. The van der Waals surface area contributed by atoms with E-state index in [1.165, 1.54) is 0 Å². The van der Waals surface area contributed by atoms with Crippen molar-refractivity contribution in [2.24, 2.45) is 0 Å². The maximum Gasteiger partial charge on any atom is 0.490 e. The Morgan fingerprint density at radius 3 is 2.18 bits per heavy atom. The molecule has 10 nitrogen and oxygen atoms in total. The summed E-state index contributed by atoms with van der Waals surface area (Å²) in [5.41, 5.74) is 2.22. The van der Waals surface area contributed by atoms with Crippen molar-refractivity contribution < 1.29 is 32.6 Å². The highest BCUT2D eigenvalue weighted by atomic mass is 19.4. The lowest BCUT2D eigenvalue weighted by Crippen LogP contribution is -2.44. The molecule has 0 spiro atoms. The van der Waals surface area contributed by atoms with Crippen LogP contribution in [0.1, 0.15) is 25.1 Å². The van der Waals surface area contributed by atoms with Gasteiger partial charge in [0, 0.05) is 58.3 Å². The zero-order valence-corrected chi connectivity index (χ0v) is 19.3. The maximum absolute atomic E-state index is 12.4. The van der Waals surface area contributed by atoms with Crippen LogP contribution in [0, 0.1) is 0 Å². The number of alkyl halides is 3. The summed E-state index contributed by atoms with van der Waals surface area (Å²) in [5, 5.41) is 10.1. The van der Waals surface area contributed by atoms with Crippen molar-refractivity contribution in [1.29, 1.82) is 0 Å². The molecule has 0 atom stereocenters. The largest absolute Gasteiger partial charge is 0.490 e. The highest BCUT2D eigenvalue weighted by Crippen LogP contribution is 2.26. The molecule has 2 N–H and O–H groups in total. The molecule has 33 heavy (non-hydrogen) atoms. The minimum absolute atomic E-state index is 0.000529. The van der Waals surface area contributed by atoms with E-state index in [0.717, 1.165) is 49.0 Å². The number of carboxylic acid groups (broad SMARTS) is 1. The van der Waals surface area contributed by atoms with Crippen LogP contribution in [0.5, 0.6) is 0 Å². The van der Waals surface area contributed by atoms with Gasteiger partial charge in [-0.15, -0.1) is 0 Å². The van der Waals surface area contributed by atoms with Gasteiger partial charge < -0.3 is 29.9 Å². The van der Waals surface area contributed by atoms with Gasteiger partial charge in [-0.3, -0.25) is 0 Å². The van der Waals surface area contributed by atoms with Crippen molar-refractivity contribution >= 4 is 23.8 Å².